The molecule has 0 spiro atoms. The number of hydrogen-bond acceptors (Lipinski definition) is 4. The minimum Gasteiger partial charge on any atom is -0.412 e. The number of amides is 2. The van der Waals surface area contributed by atoms with Crippen LogP contribution in [-0.4, -0.2) is 43.2 Å². The highest BCUT2D eigenvalue weighted by molar-refractivity contribution is 6.35. The first kappa shape index (κ1) is 22.4. The molecule has 0 atom stereocenters. The number of anilines is 1. The number of benzene rings is 2. The second kappa shape index (κ2) is 10.5. The summed E-state index contributed by atoms with van der Waals surface area (Å²) in [4.78, 5) is 35.8. The molecule has 0 fully saturated rings. The van der Waals surface area contributed by atoms with Crippen molar-refractivity contribution in [1.82, 2.24) is 10.6 Å². The molecule has 0 aliphatic heterocycles. The van der Waals surface area contributed by atoms with Crippen molar-refractivity contribution in [3.63, 3.8) is 0 Å². The molecule has 144 valence electrons. The van der Waals surface area contributed by atoms with E-state index in [1.165, 1.54) is 13.1 Å². The van der Waals surface area contributed by atoms with Gasteiger partial charge in [-0.05, 0) is 30.3 Å². The smallest absolute Gasteiger partial charge is 0.239 e. The van der Waals surface area contributed by atoms with Crippen molar-refractivity contribution in [3.05, 3.63) is 63.6 Å². The first-order chi connectivity index (χ1) is 12.4. The zero-order chi connectivity index (χ0) is 19.1. The Kier molecular flexibility index (Phi) is 8.74. The fourth-order valence-corrected chi connectivity index (χ4v) is 2.55. The Balaban J connectivity index is 0.00000364. The van der Waals surface area contributed by atoms with Gasteiger partial charge in [-0.25, -0.2) is 0 Å². The topological polar surface area (TPSA) is 119 Å². The molecule has 0 saturated carbocycles. The van der Waals surface area contributed by atoms with E-state index in [0.717, 1.165) is 0 Å². The van der Waals surface area contributed by atoms with Crippen LogP contribution in [-0.2, 0) is 9.59 Å². The summed E-state index contributed by atoms with van der Waals surface area (Å²) < 4.78 is 0. The quantitative estimate of drug-likeness (QED) is 0.600. The first-order valence-corrected chi connectivity index (χ1v) is 8.48. The molecule has 9 heteroatoms. The molecular weight excluding hydrogens is 393 g/mol. The number of carbonyl (C=O) groups excluding carboxylic acids is 3. The Morgan fingerprint density at radius 2 is 1.63 bits per heavy atom. The average Bonchev–Trinajstić information content (AvgIpc) is 2.64. The number of nitrogens with one attached hydrogen (secondary N) is 3. The lowest BCUT2D eigenvalue weighted by Crippen LogP contribution is -2.38. The maximum Gasteiger partial charge on any atom is 0.239 e. The van der Waals surface area contributed by atoms with Crippen molar-refractivity contribution in [3.8, 4) is 0 Å². The third-order valence-corrected chi connectivity index (χ3v) is 4.07. The van der Waals surface area contributed by atoms with Crippen molar-refractivity contribution < 1.29 is 19.9 Å². The second-order valence-electron chi connectivity index (χ2n) is 5.30. The summed E-state index contributed by atoms with van der Waals surface area (Å²) in [5.41, 5.74) is 1.07. The molecule has 5 N–H and O–H groups in total. The predicted molar refractivity (Wildman–Crippen MR) is 106 cm³/mol. The standard InChI is InChI=1S/C18H17Cl2N3O3.H2O/c1-21-16(24)9-23-17(25)10-22-15-7-6-11(19)8-13(15)18(26)12-4-2-3-5-14(12)20;/h2-8,22H,9-10H2,1H3,(H,21,24)(H,23,25);1H2. The molecule has 27 heavy (non-hydrogen) atoms. The highest BCUT2D eigenvalue weighted by Crippen LogP contribution is 2.26. The monoisotopic (exact) mass is 411 g/mol. The van der Waals surface area contributed by atoms with E-state index in [4.69, 9.17) is 23.2 Å². The number of hydrogen-bond donors (Lipinski definition) is 3. The minimum absolute atomic E-state index is 0. The van der Waals surface area contributed by atoms with Gasteiger partial charge in [-0.15, -0.1) is 0 Å². The van der Waals surface area contributed by atoms with E-state index in [1.54, 1.807) is 36.4 Å². The van der Waals surface area contributed by atoms with Gasteiger partial charge in [-0.1, -0.05) is 35.3 Å². The number of carbonyl (C=O) groups is 3. The van der Waals surface area contributed by atoms with Crippen LogP contribution >= 0.6 is 23.2 Å². The van der Waals surface area contributed by atoms with Gasteiger partial charge in [0, 0.05) is 28.9 Å². The number of rotatable bonds is 7. The summed E-state index contributed by atoms with van der Waals surface area (Å²) in [5, 5.41) is 8.46. The van der Waals surface area contributed by atoms with Crippen molar-refractivity contribution >= 4 is 46.5 Å². The molecule has 0 unspecified atom stereocenters. The van der Waals surface area contributed by atoms with E-state index >= 15 is 0 Å². The molecule has 2 aromatic carbocycles. The molecular formula is C18H19Cl2N3O4. The molecule has 0 aromatic heterocycles. The lowest BCUT2D eigenvalue weighted by Gasteiger charge is -2.13. The molecule has 0 radical (unpaired) electrons. The minimum atomic E-state index is -0.389. The molecule has 7 nitrogen and oxygen atoms in total. The number of ketones is 1. The van der Waals surface area contributed by atoms with Crippen LogP contribution in [0.3, 0.4) is 0 Å². The predicted octanol–water partition coefficient (Wildman–Crippen LogP) is 1.67. The van der Waals surface area contributed by atoms with E-state index in [1.807, 2.05) is 0 Å². The van der Waals surface area contributed by atoms with Crippen LogP contribution in [0.4, 0.5) is 5.69 Å². The zero-order valence-corrected chi connectivity index (χ0v) is 15.9. The third-order valence-electron chi connectivity index (χ3n) is 3.51. The van der Waals surface area contributed by atoms with Gasteiger partial charge >= 0.3 is 0 Å². The molecule has 2 rings (SSSR count). The summed E-state index contributed by atoms with van der Waals surface area (Å²) in [7, 11) is 1.48. The Morgan fingerprint density at radius 3 is 2.30 bits per heavy atom. The van der Waals surface area contributed by atoms with Crippen LogP contribution in [0, 0.1) is 0 Å². The molecule has 0 saturated heterocycles. The highest BCUT2D eigenvalue weighted by Gasteiger charge is 2.17. The summed E-state index contributed by atoms with van der Waals surface area (Å²) in [5.74, 6) is -1.01. The Labute approximate surface area is 166 Å². The van der Waals surface area contributed by atoms with Crippen LogP contribution in [0.5, 0.6) is 0 Å². The van der Waals surface area contributed by atoms with E-state index in [0.29, 0.717) is 26.9 Å². The Hall–Kier alpha value is -2.61. The fourth-order valence-electron chi connectivity index (χ4n) is 2.15. The SMILES string of the molecule is CNC(=O)CNC(=O)CNc1ccc(Cl)cc1C(=O)c1ccccc1Cl.O. The molecule has 0 aliphatic carbocycles. The third kappa shape index (κ3) is 6.25. The van der Waals surface area contributed by atoms with E-state index < -0.39 is 0 Å². The van der Waals surface area contributed by atoms with Crippen molar-refractivity contribution in [2.75, 3.05) is 25.5 Å². The van der Waals surface area contributed by atoms with E-state index in [2.05, 4.69) is 16.0 Å². The summed E-state index contributed by atoms with van der Waals surface area (Å²) in [6.07, 6.45) is 0. The molecule has 0 bridgehead atoms. The van der Waals surface area contributed by atoms with Gasteiger partial charge in [-0.2, -0.15) is 0 Å². The van der Waals surface area contributed by atoms with Crippen LogP contribution < -0.4 is 16.0 Å². The van der Waals surface area contributed by atoms with Crippen LogP contribution in [0.2, 0.25) is 10.0 Å². The average molecular weight is 412 g/mol. The van der Waals surface area contributed by atoms with Gasteiger partial charge in [0.2, 0.25) is 11.8 Å². The van der Waals surface area contributed by atoms with Gasteiger partial charge in [0.05, 0.1) is 18.1 Å². The van der Waals surface area contributed by atoms with Gasteiger partial charge in [-0.3, -0.25) is 14.4 Å². The van der Waals surface area contributed by atoms with Crippen molar-refractivity contribution in [2.24, 2.45) is 0 Å². The van der Waals surface area contributed by atoms with Gasteiger partial charge in [0.1, 0.15) is 0 Å². The van der Waals surface area contributed by atoms with Gasteiger partial charge in [0.25, 0.3) is 0 Å². The summed E-state index contributed by atoms with van der Waals surface area (Å²) >= 11 is 12.1. The number of likely N-dealkylation sites (N-methyl/N-ethyl adjacent to an activating group) is 1. The largest absolute Gasteiger partial charge is 0.412 e. The summed E-state index contributed by atoms with van der Waals surface area (Å²) in [6.45, 7) is -0.232. The van der Waals surface area contributed by atoms with Crippen LogP contribution in [0.15, 0.2) is 42.5 Å². The first-order valence-electron chi connectivity index (χ1n) is 7.72. The van der Waals surface area contributed by atoms with Gasteiger partial charge < -0.3 is 21.4 Å². The number of halogens is 2. The Bertz CT molecular complexity index is 843. The Morgan fingerprint density at radius 1 is 0.926 bits per heavy atom. The molecule has 2 amide bonds. The van der Waals surface area contributed by atoms with Gasteiger partial charge in [0.15, 0.2) is 5.78 Å². The zero-order valence-electron chi connectivity index (χ0n) is 14.4. The normalized spacial score (nSPS) is 9.74. The molecule has 2 aromatic rings. The van der Waals surface area contributed by atoms with Crippen LogP contribution in [0.25, 0.3) is 0 Å². The lowest BCUT2D eigenvalue weighted by molar-refractivity contribution is -0.124. The summed E-state index contributed by atoms with van der Waals surface area (Å²) in [6, 6.07) is 11.4. The van der Waals surface area contributed by atoms with E-state index in [9.17, 15) is 14.4 Å². The lowest BCUT2D eigenvalue weighted by atomic mass is 10.0. The van der Waals surface area contributed by atoms with E-state index in [-0.39, 0.29) is 36.2 Å². The molecule has 0 heterocycles. The second-order valence-corrected chi connectivity index (χ2v) is 6.15. The highest BCUT2D eigenvalue weighted by atomic mass is 35.5. The maximum atomic E-state index is 12.8. The van der Waals surface area contributed by atoms with Crippen LogP contribution in [0.1, 0.15) is 15.9 Å². The van der Waals surface area contributed by atoms with Crippen molar-refractivity contribution in [2.45, 2.75) is 0 Å². The fraction of sp³-hybridized carbons (Fsp3) is 0.167. The maximum absolute atomic E-state index is 12.8. The van der Waals surface area contributed by atoms with Crippen molar-refractivity contribution in [1.29, 1.82) is 0 Å². The molecule has 0 aliphatic rings.